The summed E-state index contributed by atoms with van der Waals surface area (Å²) >= 11 is 0. The summed E-state index contributed by atoms with van der Waals surface area (Å²) < 4.78 is 33.6. The highest BCUT2D eigenvalue weighted by Crippen LogP contribution is 2.28. The van der Waals surface area contributed by atoms with Crippen LogP contribution in [0.25, 0.3) is 0 Å². The minimum absolute atomic E-state index is 0.000467. The van der Waals surface area contributed by atoms with E-state index < -0.39 is 15.9 Å². The van der Waals surface area contributed by atoms with Crippen LogP contribution < -0.4 is 14.8 Å². The molecular formula is C22H22N2O4S. The number of carbonyl (C=O) groups is 1. The number of para-hydroxylation sites is 1. The SMILES string of the molecule is COc1cc(C)ccc1S(=O)(=O)Nc1ccccc1C(=O)Nc1cccc(C)c1. The van der Waals surface area contributed by atoms with E-state index in [4.69, 9.17) is 4.74 Å². The van der Waals surface area contributed by atoms with Crippen molar-refractivity contribution < 1.29 is 17.9 Å². The molecule has 0 saturated heterocycles. The fourth-order valence-corrected chi connectivity index (χ4v) is 4.12. The molecule has 0 aliphatic rings. The zero-order valence-corrected chi connectivity index (χ0v) is 17.2. The first-order chi connectivity index (χ1) is 13.8. The summed E-state index contributed by atoms with van der Waals surface area (Å²) in [5.74, 6) is -0.177. The van der Waals surface area contributed by atoms with Crippen LogP contribution in [0.5, 0.6) is 5.75 Å². The van der Waals surface area contributed by atoms with Crippen LogP contribution >= 0.6 is 0 Å². The van der Waals surface area contributed by atoms with Crippen molar-refractivity contribution in [1.29, 1.82) is 0 Å². The Labute approximate surface area is 170 Å². The summed E-state index contributed by atoms with van der Waals surface area (Å²) in [7, 11) is -2.55. The van der Waals surface area contributed by atoms with Gasteiger partial charge in [-0.3, -0.25) is 9.52 Å². The number of nitrogens with one attached hydrogen (secondary N) is 2. The largest absolute Gasteiger partial charge is 0.495 e. The highest BCUT2D eigenvalue weighted by Gasteiger charge is 2.22. The van der Waals surface area contributed by atoms with E-state index in [1.165, 1.54) is 13.2 Å². The second-order valence-electron chi connectivity index (χ2n) is 6.63. The van der Waals surface area contributed by atoms with E-state index in [1.54, 1.807) is 42.5 Å². The molecule has 6 nitrogen and oxygen atoms in total. The Bertz CT molecular complexity index is 1160. The van der Waals surface area contributed by atoms with Gasteiger partial charge in [-0.15, -0.1) is 0 Å². The van der Waals surface area contributed by atoms with E-state index in [0.717, 1.165) is 11.1 Å². The molecule has 29 heavy (non-hydrogen) atoms. The zero-order chi connectivity index (χ0) is 21.0. The van der Waals surface area contributed by atoms with Crippen molar-refractivity contribution in [2.45, 2.75) is 18.7 Å². The van der Waals surface area contributed by atoms with Crippen LogP contribution in [0.2, 0.25) is 0 Å². The molecule has 150 valence electrons. The lowest BCUT2D eigenvalue weighted by Crippen LogP contribution is -2.19. The Morgan fingerprint density at radius 1 is 0.897 bits per heavy atom. The number of hydrogen-bond donors (Lipinski definition) is 2. The molecule has 3 rings (SSSR count). The number of methoxy groups -OCH3 is 1. The third kappa shape index (κ3) is 4.75. The van der Waals surface area contributed by atoms with Gasteiger partial charge < -0.3 is 10.1 Å². The molecule has 3 aromatic carbocycles. The number of ether oxygens (including phenoxy) is 1. The number of sulfonamides is 1. The van der Waals surface area contributed by atoms with Crippen LogP contribution in [0.15, 0.2) is 71.6 Å². The predicted molar refractivity (Wildman–Crippen MR) is 114 cm³/mol. The topological polar surface area (TPSA) is 84.5 Å². The van der Waals surface area contributed by atoms with E-state index in [1.807, 2.05) is 32.0 Å². The molecule has 0 atom stereocenters. The molecule has 1 amide bonds. The summed E-state index contributed by atoms with van der Waals surface area (Å²) in [4.78, 5) is 12.8. The van der Waals surface area contributed by atoms with Crippen molar-refractivity contribution in [2.24, 2.45) is 0 Å². The lowest BCUT2D eigenvalue weighted by molar-refractivity contribution is 0.102. The number of benzene rings is 3. The minimum Gasteiger partial charge on any atom is -0.495 e. The second-order valence-corrected chi connectivity index (χ2v) is 8.28. The van der Waals surface area contributed by atoms with E-state index in [2.05, 4.69) is 10.0 Å². The van der Waals surface area contributed by atoms with Gasteiger partial charge in [0, 0.05) is 5.69 Å². The Morgan fingerprint density at radius 2 is 1.62 bits per heavy atom. The maximum Gasteiger partial charge on any atom is 0.265 e. The lowest BCUT2D eigenvalue weighted by atomic mass is 10.1. The molecule has 0 radical (unpaired) electrons. The molecule has 0 saturated carbocycles. The van der Waals surface area contributed by atoms with Crippen LogP contribution in [0.1, 0.15) is 21.5 Å². The smallest absolute Gasteiger partial charge is 0.265 e. The van der Waals surface area contributed by atoms with E-state index in [0.29, 0.717) is 5.69 Å². The fourth-order valence-electron chi connectivity index (χ4n) is 2.89. The van der Waals surface area contributed by atoms with Gasteiger partial charge in [0.15, 0.2) is 0 Å². The van der Waals surface area contributed by atoms with Crippen LogP contribution in [0, 0.1) is 13.8 Å². The van der Waals surface area contributed by atoms with E-state index in [9.17, 15) is 13.2 Å². The maximum absolute atomic E-state index is 12.9. The second kappa shape index (κ2) is 8.36. The predicted octanol–water partition coefficient (Wildman–Crippen LogP) is 4.37. The summed E-state index contributed by atoms with van der Waals surface area (Å²) in [6, 6.07) is 18.6. The van der Waals surface area contributed by atoms with Crippen molar-refractivity contribution >= 4 is 27.3 Å². The highest BCUT2D eigenvalue weighted by atomic mass is 32.2. The zero-order valence-electron chi connectivity index (χ0n) is 16.4. The molecule has 0 unspecified atom stereocenters. The average Bonchev–Trinajstić information content (AvgIpc) is 2.67. The standard InChI is InChI=1S/C22H22N2O4S/c1-15-7-6-8-17(13-15)23-22(25)18-9-4-5-10-19(18)24-29(26,27)21-12-11-16(2)14-20(21)28-3/h4-14,24H,1-3H3,(H,23,25). The minimum atomic E-state index is -3.96. The first-order valence-electron chi connectivity index (χ1n) is 8.94. The van der Waals surface area contributed by atoms with Gasteiger partial charge in [0.1, 0.15) is 10.6 Å². The maximum atomic E-state index is 12.9. The Morgan fingerprint density at radius 3 is 2.34 bits per heavy atom. The van der Waals surface area contributed by atoms with Crippen LogP contribution in [-0.4, -0.2) is 21.4 Å². The monoisotopic (exact) mass is 410 g/mol. The van der Waals surface area contributed by atoms with Crippen molar-refractivity contribution in [3.8, 4) is 5.75 Å². The number of aryl methyl sites for hydroxylation is 2. The molecule has 0 heterocycles. The van der Waals surface area contributed by atoms with Gasteiger partial charge in [0.05, 0.1) is 18.4 Å². The molecule has 7 heteroatoms. The van der Waals surface area contributed by atoms with Crippen molar-refractivity contribution in [1.82, 2.24) is 0 Å². The van der Waals surface area contributed by atoms with Crippen molar-refractivity contribution in [3.05, 3.63) is 83.4 Å². The van der Waals surface area contributed by atoms with Gasteiger partial charge in [-0.2, -0.15) is 0 Å². The number of rotatable bonds is 6. The summed E-state index contributed by atoms with van der Waals surface area (Å²) in [6.07, 6.45) is 0. The van der Waals surface area contributed by atoms with Crippen molar-refractivity contribution in [2.75, 3.05) is 17.1 Å². The number of carbonyl (C=O) groups excluding carboxylic acids is 1. The molecule has 0 aliphatic heterocycles. The van der Waals surface area contributed by atoms with Crippen LogP contribution in [0.3, 0.4) is 0 Å². The summed E-state index contributed by atoms with van der Waals surface area (Å²) in [5.41, 5.74) is 2.90. The van der Waals surface area contributed by atoms with Crippen molar-refractivity contribution in [3.63, 3.8) is 0 Å². The quantitative estimate of drug-likeness (QED) is 0.632. The van der Waals surface area contributed by atoms with Crippen LogP contribution in [0.4, 0.5) is 11.4 Å². The number of anilines is 2. The third-order valence-corrected chi connectivity index (χ3v) is 5.71. The Kier molecular flexibility index (Phi) is 5.89. The molecule has 0 aliphatic carbocycles. The number of hydrogen-bond acceptors (Lipinski definition) is 4. The summed E-state index contributed by atoms with van der Waals surface area (Å²) in [6.45, 7) is 3.77. The summed E-state index contributed by atoms with van der Waals surface area (Å²) in [5, 5.41) is 2.80. The van der Waals surface area contributed by atoms with Gasteiger partial charge in [-0.1, -0.05) is 30.3 Å². The molecule has 0 spiro atoms. The Hall–Kier alpha value is -3.32. The molecule has 2 N–H and O–H groups in total. The number of amides is 1. The van der Waals surface area contributed by atoms with Gasteiger partial charge in [-0.25, -0.2) is 8.42 Å². The average molecular weight is 410 g/mol. The lowest BCUT2D eigenvalue weighted by Gasteiger charge is -2.15. The van der Waals surface area contributed by atoms with Gasteiger partial charge in [0.2, 0.25) is 0 Å². The molecule has 0 fully saturated rings. The van der Waals surface area contributed by atoms with Crippen LogP contribution in [-0.2, 0) is 10.0 Å². The Balaban J connectivity index is 1.92. The third-order valence-electron chi connectivity index (χ3n) is 4.30. The first kappa shape index (κ1) is 20.4. The van der Waals surface area contributed by atoms with E-state index >= 15 is 0 Å². The molecule has 0 bridgehead atoms. The van der Waals surface area contributed by atoms with Gasteiger partial charge in [0.25, 0.3) is 15.9 Å². The first-order valence-corrected chi connectivity index (χ1v) is 10.4. The highest BCUT2D eigenvalue weighted by molar-refractivity contribution is 7.92. The molecule has 3 aromatic rings. The van der Waals surface area contributed by atoms with Gasteiger partial charge >= 0.3 is 0 Å². The molecular weight excluding hydrogens is 388 g/mol. The normalized spacial score (nSPS) is 11.0. The molecule has 0 aromatic heterocycles. The van der Waals surface area contributed by atoms with E-state index in [-0.39, 0.29) is 21.9 Å². The van der Waals surface area contributed by atoms with Gasteiger partial charge in [-0.05, 0) is 61.4 Å². The fraction of sp³-hybridized carbons (Fsp3) is 0.136.